The first-order valence-electron chi connectivity index (χ1n) is 12.3. The lowest BCUT2D eigenvalue weighted by atomic mass is 9.99. The van der Waals surface area contributed by atoms with Crippen LogP contribution >= 0.6 is 0 Å². The quantitative estimate of drug-likeness (QED) is 0.282. The number of amides is 2. The Hall–Kier alpha value is -3.73. The minimum Gasteiger partial charge on any atom is -0.386 e. The number of unbranched alkanes of at least 4 members (excludes halogenated alkanes) is 3. The Morgan fingerprint density at radius 1 is 1.03 bits per heavy atom. The third kappa shape index (κ3) is 7.18. The Morgan fingerprint density at radius 2 is 1.71 bits per heavy atom. The Kier molecular flexibility index (Phi) is 9.62. The van der Waals surface area contributed by atoms with E-state index in [2.05, 4.69) is 4.74 Å². The first-order chi connectivity index (χ1) is 18.0. The molecule has 1 heterocycles. The van der Waals surface area contributed by atoms with E-state index in [1.54, 1.807) is 42.5 Å². The van der Waals surface area contributed by atoms with Crippen molar-refractivity contribution in [3.05, 3.63) is 65.2 Å². The van der Waals surface area contributed by atoms with Crippen LogP contribution in [0.25, 0.3) is 0 Å². The van der Waals surface area contributed by atoms with Gasteiger partial charge in [0.1, 0.15) is 6.54 Å². The van der Waals surface area contributed by atoms with Gasteiger partial charge in [-0.25, -0.2) is 4.79 Å². The van der Waals surface area contributed by atoms with Crippen LogP contribution in [0.3, 0.4) is 0 Å². The highest BCUT2D eigenvalue weighted by molar-refractivity contribution is 6.09. The molecule has 0 aromatic heterocycles. The highest BCUT2D eigenvalue weighted by Gasteiger charge is 2.43. The largest absolute Gasteiger partial charge is 0.491 e. The van der Waals surface area contributed by atoms with Gasteiger partial charge in [-0.3, -0.25) is 14.4 Å². The molecule has 0 bridgehead atoms. The van der Waals surface area contributed by atoms with Crippen molar-refractivity contribution in [2.45, 2.75) is 50.7 Å². The number of fused-ring (bicyclic) bond motifs is 1. The van der Waals surface area contributed by atoms with E-state index in [9.17, 15) is 32.3 Å². The van der Waals surface area contributed by atoms with Crippen LogP contribution in [-0.2, 0) is 25.5 Å². The molecule has 1 aliphatic rings. The molecule has 1 aliphatic heterocycles. The second-order valence-corrected chi connectivity index (χ2v) is 9.08. The van der Waals surface area contributed by atoms with Crippen molar-refractivity contribution in [2.24, 2.45) is 5.73 Å². The summed E-state index contributed by atoms with van der Waals surface area (Å²) in [6, 6.07) is 12.2. The molecule has 0 fully saturated rings. The van der Waals surface area contributed by atoms with Gasteiger partial charge in [0.2, 0.25) is 5.91 Å². The molecule has 0 saturated carbocycles. The van der Waals surface area contributed by atoms with Crippen LogP contribution < -0.4 is 10.6 Å². The van der Waals surface area contributed by atoms with Crippen LogP contribution in [0.15, 0.2) is 48.5 Å². The van der Waals surface area contributed by atoms with E-state index in [-0.39, 0.29) is 5.56 Å². The molecule has 204 valence electrons. The standard InChI is InChI=1S/C27H30F3N3O5/c1-32-21-13-12-18(9-5-2-3-8-14-31)15-20(21)25(36)33(17-23(32)34)22(19-10-6-4-7-11-19)16-24(35)38-26(37)27(28,29)30/h4,6-7,10-13,15,22H,2-3,5,8-9,14,16-17,31H2,1H3. The van der Waals surface area contributed by atoms with Gasteiger partial charge in [-0.05, 0) is 49.1 Å². The summed E-state index contributed by atoms with van der Waals surface area (Å²) >= 11 is 0. The van der Waals surface area contributed by atoms with Crippen molar-refractivity contribution in [2.75, 3.05) is 25.0 Å². The number of nitrogens with zero attached hydrogens (tertiary/aromatic N) is 2. The number of halogens is 3. The fourth-order valence-electron chi connectivity index (χ4n) is 4.34. The number of benzene rings is 2. The third-order valence-electron chi connectivity index (χ3n) is 6.37. The number of alkyl halides is 3. The summed E-state index contributed by atoms with van der Waals surface area (Å²) in [6.07, 6.45) is -1.62. The second-order valence-electron chi connectivity index (χ2n) is 9.08. The normalized spacial score (nSPS) is 14.7. The van der Waals surface area contributed by atoms with E-state index in [4.69, 9.17) is 5.73 Å². The van der Waals surface area contributed by atoms with Gasteiger partial charge in [0, 0.05) is 7.05 Å². The summed E-state index contributed by atoms with van der Waals surface area (Å²) in [6.45, 7) is 0.197. The number of carbonyl (C=O) groups excluding carboxylic acids is 4. The molecule has 0 radical (unpaired) electrons. The number of ether oxygens (including phenoxy) is 1. The first kappa shape index (κ1) is 28.8. The van der Waals surface area contributed by atoms with Crippen molar-refractivity contribution in [3.63, 3.8) is 0 Å². The fourth-order valence-corrected chi connectivity index (χ4v) is 4.34. The molecule has 2 aromatic rings. The van der Waals surface area contributed by atoms with Gasteiger partial charge in [-0.15, -0.1) is 0 Å². The Bertz CT molecular complexity index is 1170. The van der Waals surface area contributed by atoms with Gasteiger partial charge >= 0.3 is 18.1 Å². The van der Waals surface area contributed by atoms with Crippen molar-refractivity contribution < 1.29 is 37.1 Å². The van der Waals surface area contributed by atoms with Crippen LogP contribution in [0.1, 0.15) is 59.6 Å². The molecule has 11 heteroatoms. The number of aryl methyl sites for hydroxylation is 1. The highest BCUT2D eigenvalue weighted by atomic mass is 19.4. The molecule has 2 amide bonds. The van der Waals surface area contributed by atoms with E-state index in [1.165, 1.54) is 11.9 Å². The number of hydrogen-bond acceptors (Lipinski definition) is 6. The smallest absolute Gasteiger partial charge is 0.386 e. The Balaban J connectivity index is 1.93. The monoisotopic (exact) mass is 533 g/mol. The van der Waals surface area contributed by atoms with Gasteiger partial charge in [-0.1, -0.05) is 49.2 Å². The summed E-state index contributed by atoms with van der Waals surface area (Å²) in [5, 5.41) is 0. The van der Waals surface area contributed by atoms with Crippen LogP contribution in [0, 0.1) is 0 Å². The fraction of sp³-hybridized carbons (Fsp3) is 0.407. The minimum absolute atomic E-state index is 0.235. The number of esters is 2. The van der Waals surface area contributed by atoms with Crippen molar-refractivity contribution in [1.82, 2.24) is 4.90 Å². The molecule has 1 atom stereocenters. The number of rotatable bonds is 10. The average molecular weight is 534 g/mol. The average Bonchev–Trinajstić information content (AvgIpc) is 2.97. The number of likely N-dealkylation sites (N-methyl/N-ethyl adjacent to an activating group) is 1. The number of nitrogens with two attached hydrogens (primary N) is 1. The van der Waals surface area contributed by atoms with E-state index in [0.717, 1.165) is 36.1 Å². The van der Waals surface area contributed by atoms with Crippen LogP contribution in [0.5, 0.6) is 0 Å². The summed E-state index contributed by atoms with van der Waals surface area (Å²) in [4.78, 5) is 52.9. The molecular formula is C27H30F3N3O5. The molecular weight excluding hydrogens is 503 g/mol. The van der Waals surface area contributed by atoms with Crippen molar-refractivity contribution >= 4 is 29.4 Å². The third-order valence-corrected chi connectivity index (χ3v) is 6.37. The second kappa shape index (κ2) is 12.7. The van der Waals surface area contributed by atoms with Crippen LogP contribution in [-0.4, -0.2) is 55.0 Å². The number of carbonyl (C=O) groups is 4. The summed E-state index contributed by atoms with van der Waals surface area (Å²) in [5.41, 5.74) is 7.44. The van der Waals surface area contributed by atoms with E-state index in [0.29, 0.717) is 24.2 Å². The molecule has 0 saturated heterocycles. The van der Waals surface area contributed by atoms with Gasteiger partial charge in [0.15, 0.2) is 0 Å². The topological polar surface area (TPSA) is 110 Å². The van der Waals surface area contributed by atoms with Crippen molar-refractivity contribution in [1.29, 1.82) is 0 Å². The van der Waals surface area contributed by atoms with Gasteiger partial charge in [0.25, 0.3) is 5.91 Å². The van der Waals surface area contributed by atoms with E-state index in [1.807, 2.05) is 6.07 Å². The molecule has 1 unspecified atom stereocenters. The zero-order valence-corrected chi connectivity index (χ0v) is 21.0. The molecule has 2 N–H and O–H groups in total. The Labute approximate surface area is 218 Å². The molecule has 2 aromatic carbocycles. The molecule has 38 heavy (non-hydrogen) atoms. The molecule has 8 nitrogen and oxygen atoms in total. The van der Waals surface area contributed by atoms with Gasteiger partial charge in [0.05, 0.1) is 23.7 Å². The first-order valence-corrected chi connectivity index (χ1v) is 12.3. The summed E-state index contributed by atoms with van der Waals surface area (Å²) in [5.74, 6) is -5.13. The lowest BCUT2D eigenvalue weighted by molar-refractivity contribution is -0.202. The molecule has 0 spiro atoms. The number of hydrogen-bond donors (Lipinski definition) is 1. The predicted molar refractivity (Wildman–Crippen MR) is 133 cm³/mol. The maximum atomic E-state index is 13.8. The zero-order chi connectivity index (χ0) is 27.9. The molecule has 3 rings (SSSR count). The SMILES string of the molecule is CN1C(=O)CN(C(CC(=O)OC(=O)C(F)(F)F)c2ccccc2)C(=O)c2cc(CCCCCCN)ccc21. The van der Waals surface area contributed by atoms with Gasteiger partial charge in [-0.2, -0.15) is 13.2 Å². The Morgan fingerprint density at radius 3 is 2.37 bits per heavy atom. The van der Waals surface area contributed by atoms with Crippen LogP contribution in [0.2, 0.25) is 0 Å². The maximum Gasteiger partial charge on any atom is 0.491 e. The summed E-state index contributed by atoms with van der Waals surface area (Å²) < 4.78 is 41.9. The van der Waals surface area contributed by atoms with E-state index < -0.39 is 48.9 Å². The number of anilines is 1. The highest BCUT2D eigenvalue weighted by Crippen LogP contribution is 2.33. The lowest BCUT2D eigenvalue weighted by Crippen LogP contribution is -2.41. The van der Waals surface area contributed by atoms with Crippen LogP contribution in [0.4, 0.5) is 18.9 Å². The molecule has 0 aliphatic carbocycles. The minimum atomic E-state index is -5.35. The van der Waals surface area contributed by atoms with Gasteiger partial charge < -0.3 is 20.3 Å². The van der Waals surface area contributed by atoms with E-state index >= 15 is 0 Å². The maximum absolute atomic E-state index is 13.8. The lowest BCUT2D eigenvalue weighted by Gasteiger charge is -2.30. The zero-order valence-electron chi connectivity index (χ0n) is 21.0. The van der Waals surface area contributed by atoms with Crippen molar-refractivity contribution in [3.8, 4) is 0 Å². The summed E-state index contributed by atoms with van der Waals surface area (Å²) in [7, 11) is 1.53. The predicted octanol–water partition coefficient (Wildman–Crippen LogP) is 3.93.